The second-order valence-corrected chi connectivity index (χ2v) is 16.8. The summed E-state index contributed by atoms with van der Waals surface area (Å²) < 4.78 is 6.30. The molecule has 0 N–H and O–H groups in total. The predicted molar refractivity (Wildman–Crippen MR) is 270 cm³/mol. The molecule has 65 heavy (non-hydrogen) atoms. The summed E-state index contributed by atoms with van der Waals surface area (Å²) in [6.45, 7) is 0. The van der Waals surface area contributed by atoms with Crippen molar-refractivity contribution in [2.75, 3.05) is 0 Å². The first-order chi connectivity index (χ1) is 32.2. The van der Waals surface area contributed by atoms with Crippen LogP contribution in [0.2, 0.25) is 0 Å². The number of rotatable bonds is 6. The quantitative estimate of drug-likeness (QED) is 0.168. The van der Waals surface area contributed by atoms with Gasteiger partial charge in [0.15, 0.2) is 17.5 Å². The molecule has 0 spiro atoms. The largest absolute Gasteiger partial charge is 0.456 e. The van der Waals surface area contributed by atoms with E-state index in [-0.39, 0.29) is 0 Å². The fourth-order valence-electron chi connectivity index (χ4n) is 9.66. The third-order valence-corrected chi connectivity index (χ3v) is 12.9. The Balaban J connectivity index is 0.987. The van der Waals surface area contributed by atoms with E-state index in [0.29, 0.717) is 17.5 Å². The van der Waals surface area contributed by atoms with Crippen molar-refractivity contribution in [3.8, 4) is 67.5 Å². The van der Waals surface area contributed by atoms with Crippen LogP contribution in [-0.4, -0.2) is 15.0 Å². The maximum atomic E-state index is 6.30. The van der Waals surface area contributed by atoms with Crippen LogP contribution < -0.4 is 0 Å². The Kier molecular flexibility index (Phi) is 8.50. The van der Waals surface area contributed by atoms with E-state index in [1.54, 1.807) is 0 Å². The van der Waals surface area contributed by atoms with Gasteiger partial charge in [0.2, 0.25) is 0 Å². The van der Waals surface area contributed by atoms with Crippen molar-refractivity contribution < 1.29 is 4.42 Å². The monoisotopic (exact) mass is 827 g/mol. The first-order valence-electron chi connectivity index (χ1n) is 22.0. The maximum Gasteiger partial charge on any atom is 0.164 e. The SMILES string of the molecule is c1cc(-c2nc(-c3ccc4cc(-c5ccc6ccccc6c5)ccc4c3)nc(-c3cc(-c4cccc5ccccc45)c4ccccc4c3)n2)cc(-c2cccc3oc4ccccc4c23)c1. The first kappa shape index (κ1) is 36.9. The molecule has 0 amide bonds. The molecule has 4 nitrogen and oxygen atoms in total. The van der Waals surface area contributed by atoms with Crippen LogP contribution in [0, 0.1) is 0 Å². The van der Waals surface area contributed by atoms with Crippen molar-refractivity contribution in [3.63, 3.8) is 0 Å². The zero-order valence-electron chi connectivity index (χ0n) is 35.1. The van der Waals surface area contributed by atoms with Crippen LogP contribution in [0.25, 0.3) is 133 Å². The second kappa shape index (κ2) is 15.0. The van der Waals surface area contributed by atoms with Gasteiger partial charge < -0.3 is 4.42 Å². The lowest BCUT2D eigenvalue weighted by molar-refractivity contribution is 0.669. The molecule has 11 aromatic carbocycles. The van der Waals surface area contributed by atoms with E-state index in [9.17, 15) is 0 Å². The highest BCUT2D eigenvalue weighted by atomic mass is 16.3. The molecule has 13 aromatic rings. The van der Waals surface area contributed by atoms with E-state index in [1.807, 2.05) is 18.2 Å². The summed E-state index contributed by atoms with van der Waals surface area (Å²) in [5.41, 5.74) is 11.3. The fraction of sp³-hybridized carbons (Fsp3) is 0. The van der Waals surface area contributed by atoms with Gasteiger partial charge in [-0.2, -0.15) is 0 Å². The van der Waals surface area contributed by atoms with Crippen LogP contribution in [0.15, 0.2) is 229 Å². The summed E-state index contributed by atoms with van der Waals surface area (Å²) >= 11 is 0. The third-order valence-electron chi connectivity index (χ3n) is 12.9. The minimum absolute atomic E-state index is 0.600. The molecule has 0 aliphatic heterocycles. The van der Waals surface area contributed by atoms with E-state index in [0.717, 1.165) is 71.5 Å². The van der Waals surface area contributed by atoms with Crippen LogP contribution in [0.5, 0.6) is 0 Å². The molecule has 0 fully saturated rings. The van der Waals surface area contributed by atoms with Gasteiger partial charge in [-0.3, -0.25) is 0 Å². The van der Waals surface area contributed by atoms with Gasteiger partial charge in [0, 0.05) is 27.5 Å². The van der Waals surface area contributed by atoms with Crippen LogP contribution in [0.1, 0.15) is 0 Å². The van der Waals surface area contributed by atoms with Crippen LogP contribution in [-0.2, 0) is 0 Å². The van der Waals surface area contributed by atoms with E-state index in [4.69, 9.17) is 19.4 Å². The number of benzene rings is 11. The predicted octanol–water partition coefficient (Wildman–Crippen LogP) is 16.4. The van der Waals surface area contributed by atoms with Crippen molar-refractivity contribution in [2.24, 2.45) is 0 Å². The molecule has 0 saturated carbocycles. The van der Waals surface area contributed by atoms with E-state index in [1.165, 1.54) is 43.6 Å². The lowest BCUT2D eigenvalue weighted by Crippen LogP contribution is -2.01. The van der Waals surface area contributed by atoms with Gasteiger partial charge in [0.05, 0.1) is 0 Å². The number of furan rings is 1. The van der Waals surface area contributed by atoms with Gasteiger partial charge in [-0.25, -0.2) is 15.0 Å². The standard InChI is InChI=1S/C61H37N3O/c1-2-14-40-32-41(27-26-38(40)12-1)42-28-29-44-34-48(31-30-43(44)33-42)60-62-59(47-18-9-17-46(35-47)52-22-11-25-57-58(52)54-21-7-8-24-56(54)65-57)63-61(64-60)49-36-45-15-4-6-20-51(45)55(37-49)53-23-10-16-39-13-3-5-19-50(39)53/h1-37H. The van der Waals surface area contributed by atoms with Crippen molar-refractivity contribution in [1.82, 2.24) is 15.0 Å². The fourth-order valence-corrected chi connectivity index (χ4v) is 9.66. The highest BCUT2D eigenvalue weighted by Gasteiger charge is 2.18. The van der Waals surface area contributed by atoms with Gasteiger partial charge in [0.25, 0.3) is 0 Å². The summed E-state index contributed by atoms with van der Waals surface area (Å²) in [5, 5.41) is 11.6. The van der Waals surface area contributed by atoms with Crippen molar-refractivity contribution in [3.05, 3.63) is 224 Å². The molecular formula is C61H37N3O. The van der Waals surface area contributed by atoms with Crippen molar-refractivity contribution >= 4 is 65.0 Å². The zero-order chi connectivity index (χ0) is 42.8. The number of fused-ring (bicyclic) bond motifs is 7. The Morgan fingerprint density at radius 3 is 1.51 bits per heavy atom. The summed E-state index contributed by atoms with van der Waals surface area (Å²) in [5.74, 6) is 1.82. The van der Waals surface area contributed by atoms with Gasteiger partial charge >= 0.3 is 0 Å². The number of hydrogen-bond acceptors (Lipinski definition) is 4. The first-order valence-corrected chi connectivity index (χ1v) is 22.0. The molecule has 0 saturated heterocycles. The summed E-state index contributed by atoms with van der Waals surface area (Å²) in [4.78, 5) is 15.9. The highest BCUT2D eigenvalue weighted by Crippen LogP contribution is 2.40. The summed E-state index contributed by atoms with van der Waals surface area (Å²) in [6.07, 6.45) is 0. The Hall–Kier alpha value is -8.73. The topological polar surface area (TPSA) is 51.8 Å². The molecule has 0 unspecified atom stereocenters. The number of nitrogens with zero attached hydrogens (tertiary/aromatic N) is 3. The lowest BCUT2D eigenvalue weighted by Gasteiger charge is -2.14. The molecule has 0 atom stereocenters. The summed E-state index contributed by atoms with van der Waals surface area (Å²) in [6, 6.07) is 79.6. The zero-order valence-corrected chi connectivity index (χ0v) is 35.1. The average molecular weight is 828 g/mol. The molecular weight excluding hydrogens is 791 g/mol. The molecule has 2 heterocycles. The Labute approximate surface area is 374 Å². The van der Waals surface area contributed by atoms with Gasteiger partial charge in [-0.15, -0.1) is 0 Å². The van der Waals surface area contributed by atoms with Gasteiger partial charge in [0.1, 0.15) is 11.2 Å². The average Bonchev–Trinajstić information content (AvgIpc) is 3.77. The Morgan fingerprint density at radius 2 is 0.723 bits per heavy atom. The number of hydrogen-bond donors (Lipinski definition) is 0. The second-order valence-electron chi connectivity index (χ2n) is 16.8. The van der Waals surface area contributed by atoms with E-state index in [2.05, 4.69) is 206 Å². The molecule has 4 heteroatoms. The summed E-state index contributed by atoms with van der Waals surface area (Å²) in [7, 11) is 0. The maximum absolute atomic E-state index is 6.30. The third kappa shape index (κ3) is 6.42. The molecule has 0 bridgehead atoms. The molecule has 0 aliphatic carbocycles. The molecule has 0 radical (unpaired) electrons. The van der Waals surface area contributed by atoms with Crippen LogP contribution >= 0.6 is 0 Å². The van der Waals surface area contributed by atoms with Gasteiger partial charge in [-0.1, -0.05) is 176 Å². The lowest BCUT2D eigenvalue weighted by atomic mass is 9.92. The van der Waals surface area contributed by atoms with Crippen molar-refractivity contribution in [2.45, 2.75) is 0 Å². The molecule has 302 valence electrons. The molecule has 2 aromatic heterocycles. The Bertz CT molecular complexity index is 4030. The van der Waals surface area contributed by atoms with Crippen LogP contribution in [0.3, 0.4) is 0 Å². The van der Waals surface area contributed by atoms with Crippen molar-refractivity contribution in [1.29, 1.82) is 0 Å². The smallest absolute Gasteiger partial charge is 0.164 e. The van der Waals surface area contributed by atoms with Crippen LogP contribution in [0.4, 0.5) is 0 Å². The minimum Gasteiger partial charge on any atom is -0.456 e. The molecule has 13 rings (SSSR count). The number of para-hydroxylation sites is 1. The highest BCUT2D eigenvalue weighted by molar-refractivity contribution is 6.12. The van der Waals surface area contributed by atoms with E-state index < -0.39 is 0 Å². The molecule has 0 aliphatic rings. The van der Waals surface area contributed by atoms with Gasteiger partial charge in [-0.05, 0) is 125 Å². The minimum atomic E-state index is 0.600. The normalized spacial score (nSPS) is 11.7. The van der Waals surface area contributed by atoms with E-state index >= 15 is 0 Å². The Morgan fingerprint density at radius 1 is 0.246 bits per heavy atom. The number of aromatic nitrogens is 3.